The van der Waals surface area contributed by atoms with Crippen LogP contribution in [0, 0.1) is 11.7 Å². The molecule has 1 aliphatic heterocycles. The molecule has 1 heterocycles. The number of sulfonamides is 1. The minimum absolute atomic E-state index is 0.0987. The van der Waals surface area contributed by atoms with E-state index in [9.17, 15) is 22.4 Å². The topological polar surface area (TPSA) is 86.8 Å². The van der Waals surface area contributed by atoms with Gasteiger partial charge in [0.15, 0.2) is 0 Å². The van der Waals surface area contributed by atoms with Crippen molar-refractivity contribution in [1.29, 1.82) is 0 Å². The van der Waals surface area contributed by atoms with Crippen LogP contribution < -0.4 is 4.72 Å². The highest BCUT2D eigenvalue weighted by molar-refractivity contribution is 7.92. The average Bonchev–Trinajstić information content (AvgIpc) is 3.59. The standard InChI is InChI=1S/C21H22FN3O4S/c22-16-7-9-17(10-8-16)30(28,29)23-19-4-2-1-3-18(19)21(27)25-13-11-24(12-14-25)20(26)15-5-6-15/h1-4,7-10,15,23H,5-6,11-14H2. The van der Waals surface area contributed by atoms with Gasteiger partial charge in [0.25, 0.3) is 15.9 Å². The number of carbonyl (C=O) groups excluding carboxylic acids is 2. The molecular formula is C21H22FN3O4S. The molecular weight excluding hydrogens is 409 g/mol. The number of nitrogens with zero attached hydrogens (tertiary/aromatic N) is 2. The van der Waals surface area contributed by atoms with Gasteiger partial charge in [0.2, 0.25) is 5.91 Å². The summed E-state index contributed by atoms with van der Waals surface area (Å²) >= 11 is 0. The molecule has 7 nitrogen and oxygen atoms in total. The Labute approximate surface area is 174 Å². The SMILES string of the molecule is O=C(c1ccccc1NS(=O)(=O)c1ccc(F)cc1)N1CCN(C(=O)C2CC2)CC1. The van der Waals surface area contributed by atoms with E-state index in [1.54, 1.807) is 28.0 Å². The zero-order valence-corrected chi connectivity index (χ0v) is 17.1. The normalized spacial score (nSPS) is 17.0. The summed E-state index contributed by atoms with van der Waals surface area (Å²) in [5.74, 6) is -0.529. The monoisotopic (exact) mass is 431 g/mol. The predicted octanol–water partition coefficient (Wildman–Crippen LogP) is 2.32. The van der Waals surface area contributed by atoms with Crippen LogP contribution in [0.3, 0.4) is 0 Å². The van der Waals surface area contributed by atoms with Crippen molar-refractivity contribution in [3.05, 3.63) is 59.9 Å². The van der Waals surface area contributed by atoms with E-state index in [-0.39, 0.29) is 33.9 Å². The Kier molecular flexibility index (Phi) is 5.46. The van der Waals surface area contributed by atoms with E-state index >= 15 is 0 Å². The van der Waals surface area contributed by atoms with Crippen LogP contribution in [0.1, 0.15) is 23.2 Å². The number of hydrogen-bond donors (Lipinski definition) is 1. The quantitative estimate of drug-likeness (QED) is 0.787. The molecule has 0 spiro atoms. The lowest BCUT2D eigenvalue weighted by atomic mass is 10.1. The van der Waals surface area contributed by atoms with Crippen LogP contribution in [0.5, 0.6) is 0 Å². The Morgan fingerprint density at radius 2 is 1.50 bits per heavy atom. The molecule has 0 aromatic heterocycles. The maximum atomic E-state index is 13.1. The minimum atomic E-state index is -3.98. The molecule has 0 unspecified atom stereocenters. The number of rotatable bonds is 5. The second-order valence-corrected chi connectivity index (χ2v) is 9.18. The molecule has 2 aromatic carbocycles. The molecule has 9 heteroatoms. The first kappa shape index (κ1) is 20.3. The molecule has 0 radical (unpaired) electrons. The molecule has 1 saturated carbocycles. The van der Waals surface area contributed by atoms with Crippen molar-refractivity contribution in [3.63, 3.8) is 0 Å². The molecule has 0 atom stereocenters. The highest BCUT2D eigenvalue weighted by atomic mass is 32.2. The van der Waals surface area contributed by atoms with E-state index < -0.39 is 15.8 Å². The fourth-order valence-electron chi connectivity index (χ4n) is 3.46. The first-order valence-electron chi connectivity index (χ1n) is 9.80. The Bertz CT molecular complexity index is 1060. The lowest BCUT2D eigenvalue weighted by Crippen LogP contribution is -2.51. The number of nitrogens with one attached hydrogen (secondary N) is 1. The fraction of sp³-hybridized carbons (Fsp3) is 0.333. The summed E-state index contributed by atoms with van der Waals surface area (Å²) in [5, 5.41) is 0. The average molecular weight is 431 g/mol. The molecule has 1 saturated heterocycles. The number of hydrogen-bond acceptors (Lipinski definition) is 4. The van der Waals surface area contributed by atoms with Crippen LogP contribution in [-0.4, -0.2) is 56.2 Å². The minimum Gasteiger partial charge on any atom is -0.339 e. The summed E-state index contributed by atoms with van der Waals surface area (Å²) in [5.41, 5.74) is 0.383. The van der Waals surface area contributed by atoms with Gasteiger partial charge in [0.1, 0.15) is 5.82 Å². The third-order valence-corrected chi connectivity index (χ3v) is 6.71. The largest absolute Gasteiger partial charge is 0.339 e. The number of para-hydroxylation sites is 1. The van der Waals surface area contributed by atoms with Gasteiger partial charge in [-0.3, -0.25) is 14.3 Å². The number of anilines is 1. The van der Waals surface area contributed by atoms with Crippen LogP contribution in [0.15, 0.2) is 53.4 Å². The molecule has 158 valence electrons. The fourth-order valence-corrected chi connectivity index (χ4v) is 4.54. The zero-order chi connectivity index (χ0) is 21.3. The molecule has 0 bridgehead atoms. The zero-order valence-electron chi connectivity index (χ0n) is 16.3. The smallest absolute Gasteiger partial charge is 0.261 e. The van der Waals surface area contributed by atoms with Gasteiger partial charge < -0.3 is 9.80 Å². The van der Waals surface area contributed by atoms with Crippen molar-refractivity contribution in [2.45, 2.75) is 17.7 Å². The first-order chi connectivity index (χ1) is 14.3. The van der Waals surface area contributed by atoms with Gasteiger partial charge in [0.05, 0.1) is 16.1 Å². The first-order valence-corrected chi connectivity index (χ1v) is 11.3. The van der Waals surface area contributed by atoms with Crippen LogP contribution in [-0.2, 0) is 14.8 Å². The van der Waals surface area contributed by atoms with Gasteiger partial charge in [-0.05, 0) is 49.2 Å². The van der Waals surface area contributed by atoms with Gasteiger partial charge in [-0.25, -0.2) is 12.8 Å². The Balaban J connectivity index is 1.48. The van der Waals surface area contributed by atoms with Crippen molar-refractivity contribution in [1.82, 2.24) is 9.80 Å². The molecule has 2 aliphatic rings. The Morgan fingerprint density at radius 1 is 0.900 bits per heavy atom. The van der Waals surface area contributed by atoms with Crippen molar-refractivity contribution in [3.8, 4) is 0 Å². The van der Waals surface area contributed by atoms with Crippen molar-refractivity contribution in [2.75, 3.05) is 30.9 Å². The van der Waals surface area contributed by atoms with Crippen LogP contribution in [0.4, 0.5) is 10.1 Å². The summed E-state index contributed by atoms with van der Waals surface area (Å²) in [6.07, 6.45) is 1.89. The van der Waals surface area contributed by atoms with E-state index in [0.29, 0.717) is 26.2 Å². The number of benzene rings is 2. The summed E-state index contributed by atoms with van der Waals surface area (Å²) < 4.78 is 40.8. The van der Waals surface area contributed by atoms with Gasteiger partial charge in [-0.2, -0.15) is 0 Å². The Morgan fingerprint density at radius 3 is 2.13 bits per heavy atom. The summed E-state index contributed by atoms with van der Waals surface area (Å²) in [6, 6.07) is 10.8. The number of piperazine rings is 1. The van der Waals surface area contributed by atoms with Gasteiger partial charge >= 0.3 is 0 Å². The molecule has 2 fully saturated rings. The maximum Gasteiger partial charge on any atom is 0.261 e. The van der Waals surface area contributed by atoms with Crippen molar-refractivity contribution >= 4 is 27.5 Å². The van der Waals surface area contributed by atoms with Crippen molar-refractivity contribution in [2.24, 2.45) is 5.92 Å². The second-order valence-electron chi connectivity index (χ2n) is 7.50. The lowest BCUT2D eigenvalue weighted by Gasteiger charge is -2.35. The van der Waals surface area contributed by atoms with Gasteiger partial charge in [-0.1, -0.05) is 12.1 Å². The lowest BCUT2D eigenvalue weighted by molar-refractivity contribution is -0.134. The van der Waals surface area contributed by atoms with E-state index in [1.165, 1.54) is 6.07 Å². The molecule has 4 rings (SSSR count). The summed E-state index contributed by atoms with van der Waals surface area (Å²) in [4.78, 5) is 28.6. The molecule has 2 aromatic rings. The second kappa shape index (κ2) is 8.06. The summed E-state index contributed by atoms with van der Waals surface area (Å²) in [7, 11) is -3.98. The third-order valence-electron chi connectivity index (χ3n) is 5.33. The van der Waals surface area contributed by atoms with Crippen LogP contribution in [0.2, 0.25) is 0 Å². The maximum absolute atomic E-state index is 13.1. The van der Waals surface area contributed by atoms with E-state index in [4.69, 9.17) is 0 Å². The third kappa shape index (κ3) is 4.30. The van der Waals surface area contributed by atoms with E-state index in [0.717, 1.165) is 37.1 Å². The molecule has 2 amide bonds. The van der Waals surface area contributed by atoms with Crippen LogP contribution >= 0.6 is 0 Å². The molecule has 1 aliphatic carbocycles. The van der Waals surface area contributed by atoms with Crippen molar-refractivity contribution < 1.29 is 22.4 Å². The highest BCUT2D eigenvalue weighted by Crippen LogP contribution is 2.31. The molecule has 30 heavy (non-hydrogen) atoms. The highest BCUT2D eigenvalue weighted by Gasteiger charge is 2.35. The number of halogens is 1. The van der Waals surface area contributed by atoms with Gasteiger partial charge in [0, 0.05) is 32.1 Å². The van der Waals surface area contributed by atoms with E-state index in [2.05, 4.69) is 4.72 Å². The summed E-state index contributed by atoms with van der Waals surface area (Å²) in [6.45, 7) is 1.75. The van der Waals surface area contributed by atoms with E-state index in [1.807, 2.05) is 0 Å². The predicted molar refractivity (Wildman–Crippen MR) is 109 cm³/mol. The number of carbonyl (C=O) groups is 2. The van der Waals surface area contributed by atoms with Gasteiger partial charge in [-0.15, -0.1) is 0 Å². The van der Waals surface area contributed by atoms with Crippen LogP contribution in [0.25, 0.3) is 0 Å². The number of amides is 2. The molecule has 1 N–H and O–H groups in total. The Hall–Kier alpha value is -2.94.